The molecule has 0 aromatic heterocycles. The Labute approximate surface area is 165 Å². The lowest BCUT2D eigenvalue weighted by Gasteiger charge is -2.24. The van der Waals surface area contributed by atoms with Crippen molar-refractivity contribution in [2.24, 2.45) is 0 Å². The number of anilines is 1. The van der Waals surface area contributed by atoms with Gasteiger partial charge in [0.25, 0.3) is 0 Å². The van der Waals surface area contributed by atoms with E-state index in [0.717, 1.165) is 41.5 Å². The highest BCUT2D eigenvalue weighted by Crippen LogP contribution is 2.33. The minimum Gasteiger partial charge on any atom is -0.343 e. The molecule has 0 N–H and O–H groups in total. The van der Waals surface area contributed by atoms with Crippen LogP contribution in [0.2, 0.25) is 0 Å². The standard InChI is InChI=1S/C23H26BrNO/c1-4-5-23(26)21-11-10-20(24)13-22(21)25(14-18-8-9-18)15-19-7-6-16(2)17(3)12-19/h6-7,10-14H,4-5,8-9,15H2,1-3H3. The number of halogens is 1. The van der Waals surface area contributed by atoms with E-state index in [0.29, 0.717) is 6.42 Å². The quantitative estimate of drug-likeness (QED) is 0.470. The van der Waals surface area contributed by atoms with E-state index < -0.39 is 0 Å². The maximum Gasteiger partial charge on any atom is 0.164 e. The monoisotopic (exact) mass is 411 g/mol. The van der Waals surface area contributed by atoms with Crippen LogP contribution in [-0.2, 0) is 6.54 Å². The van der Waals surface area contributed by atoms with Gasteiger partial charge in [-0.25, -0.2) is 0 Å². The molecule has 1 saturated carbocycles. The molecule has 0 unspecified atom stereocenters. The van der Waals surface area contributed by atoms with Crippen molar-refractivity contribution in [3.05, 3.63) is 74.9 Å². The highest BCUT2D eigenvalue weighted by Gasteiger charge is 2.19. The van der Waals surface area contributed by atoms with Crippen LogP contribution in [0.25, 0.3) is 0 Å². The number of nitrogens with zero attached hydrogens (tertiary/aromatic N) is 1. The molecule has 1 aliphatic rings. The van der Waals surface area contributed by atoms with Crippen LogP contribution in [-0.4, -0.2) is 5.78 Å². The molecule has 136 valence electrons. The van der Waals surface area contributed by atoms with Gasteiger partial charge in [0, 0.05) is 29.2 Å². The summed E-state index contributed by atoms with van der Waals surface area (Å²) < 4.78 is 1.000. The van der Waals surface area contributed by atoms with Crippen molar-refractivity contribution >= 4 is 27.4 Å². The summed E-state index contributed by atoms with van der Waals surface area (Å²) in [5.41, 5.74) is 7.13. The Balaban J connectivity index is 2.00. The number of carbonyl (C=O) groups excluding carboxylic acids is 1. The Hall–Kier alpha value is -1.87. The molecule has 0 saturated heterocycles. The van der Waals surface area contributed by atoms with Crippen molar-refractivity contribution in [2.75, 3.05) is 4.90 Å². The molecule has 0 spiro atoms. The van der Waals surface area contributed by atoms with E-state index in [2.05, 4.69) is 72.1 Å². The fourth-order valence-corrected chi connectivity index (χ4v) is 3.41. The molecule has 0 bridgehead atoms. The highest BCUT2D eigenvalue weighted by atomic mass is 79.9. The van der Waals surface area contributed by atoms with Gasteiger partial charge in [0.15, 0.2) is 5.78 Å². The van der Waals surface area contributed by atoms with Crippen molar-refractivity contribution in [1.29, 1.82) is 0 Å². The minimum atomic E-state index is 0.217. The second-order valence-corrected chi connectivity index (χ2v) is 8.08. The lowest BCUT2D eigenvalue weighted by atomic mass is 10.0. The average Bonchev–Trinajstić information content (AvgIpc) is 3.42. The third-order valence-electron chi connectivity index (χ3n) is 4.85. The van der Waals surface area contributed by atoms with E-state index >= 15 is 0 Å². The fourth-order valence-electron chi connectivity index (χ4n) is 3.06. The number of aryl methyl sites for hydroxylation is 2. The second-order valence-electron chi connectivity index (χ2n) is 7.17. The average molecular weight is 412 g/mol. The summed E-state index contributed by atoms with van der Waals surface area (Å²) in [4.78, 5) is 14.9. The van der Waals surface area contributed by atoms with Gasteiger partial charge < -0.3 is 4.90 Å². The first-order chi connectivity index (χ1) is 12.5. The molecule has 1 fully saturated rings. The number of hydrogen-bond acceptors (Lipinski definition) is 2. The van der Waals surface area contributed by atoms with E-state index in [1.165, 1.54) is 22.3 Å². The van der Waals surface area contributed by atoms with Crippen molar-refractivity contribution < 1.29 is 4.79 Å². The number of ketones is 1. The summed E-state index contributed by atoms with van der Waals surface area (Å²) in [7, 11) is 0. The molecule has 0 aliphatic heterocycles. The van der Waals surface area contributed by atoms with Gasteiger partial charge in [-0.05, 0) is 68.0 Å². The van der Waals surface area contributed by atoms with Gasteiger partial charge in [0.05, 0.1) is 5.69 Å². The van der Waals surface area contributed by atoms with Gasteiger partial charge in [0.1, 0.15) is 0 Å². The molecule has 2 aromatic carbocycles. The first kappa shape index (κ1) is 18.9. The van der Waals surface area contributed by atoms with Gasteiger partial charge in [-0.1, -0.05) is 46.6 Å². The Morgan fingerprint density at radius 1 is 1.12 bits per heavy atom. The first-order valence-electron chi connectivity index (χ1n) is 9.33. The summed E-state index contributed by atoms with van der Waals surface area (Å²) in [6, 6.07) is 12.6. The molecule has 3 rings (SSSR count). The first-order valence-corrected chi connectivity index (χ1v) is 10.1. The number of Topliss-reactive ketones (excluding diaryl/α,β-unsaturated/α-hetero) is 1. The SMILES string of the molecule is CCCC(=O)c1ccc(Br)cc1N(C=C1CC1)Cc1ccc(C)c(C)c1. The third-order valence-corrected chi connectivity index (χ3v) is 5.34. The fraction of sp³-hybridized carbons (Fsp3) is 0.348. The molecular weight excluding hydrogens is 386 g/mol. The number of allylic oxidation sites excluding steroid dienone is 1. The van der Waals surface area contributed by atoms with Gasteiger partial charge in [-0.15, -0.1) is 0 Å². The lowest BCUT2D eigenvalue weighted by molar-refractivity contribution is 0.0982. The number of benzene rings is 2. The summed E-state index contributed by atoms with van der Waals surface area (Å²) in [5, 5.41) is 0. The van der Waals surface area contributed by atoms with Gasteiger partial charge in [-0.2, -0.15) is 0 Å². The van der Waals surface area contributed by atoms with Gasteiger partial charge in [-0.3, -0.25) is 4.79 Å². The molecule has 0 heterocycles. The number of rotatable bonds is 7. The van der Waals surface area contributed by atoms with Crippen LogP contribution in [0, 0.1) is 13.8 Å². The maximum atomic E-state index is 12.7. The number of hydrogen-bond donors (Lipinski definition) is 0. The molecular formula is C23H26BrNO. The van der Waals surface area contributed by atoms with E-state index in [1.54, 1.807) is 0 Å². The number of carbonyl (C=O) groups is 1. The summed E-state index contributed by atoms with van der Waals surface area (Å²) in [6.07, 6.45) is 6.01. The highest BCUT2D eigenvalue weighted by molar-refractivity contribution is 9.10. The lowest BCUT2D eigenvalue weighted by Crippen LogP contribution is -2.19. The Morgan fingerprint density at radius 2 is 1.88 bits per heavy atom. The van der Waals surface area contributed by atoms with E-state index in [4.69, 9.17) is 0 Å². The van der Waals surface area contributed by atoms with E-state index in [1.807, 2.05) is 12.1 Å². The van der Waals surface area contributed by atoms with Crippen LogP contribution in [0.3, 0.4) is 0 Å². The van der Waals surface area contributed by atoms with Crippen LogP contribution in [0.1, 0.15) is 59.7 Å². The Morgan fingerprint density at radius 3 is 2.54 bits per heavy atom. The Kier molecular flexibility index (Phi) is 5.98. The van der Waals surface area contributed by atoms with Crippen molar-refractivity contribution in [3.8, 4) is 0 Å². The summed E-state index contributed by atoms with van der Waals surface area (Å²) in [5.74, 6) is 0.217. The third kappa shape index (κ3) is 4.64. The van der Waals surface area contributed by atoms with Crippen LogP contribution in [0.5, 0.6) is 0 Å². The van der Waals surface area contributed by atoms with Gasteiger partial charge >= 0.3 is 0 Å². The molecule has 2 aromatic rings. The Bertz CT molecular complexity index is 847. The molecule has 0 amide bonds. The molecule has 0 radical (unpaired) electrons. The maximum absolute atomic E-state index is 12.7. The predicted molar refractivity (Wildman–Crippen MR) is 113 cm³/mol. The van der Waals surface area contributed by atoms with Crippen LogP contribution >= 0.6 is 15.9 Å². The van der Waals surface area contributed by atoms with Crippen molar-refractivity contribution in [2.45, 2.75) is 53.0 Å². The molecule has 0 atom stereocenters. The summed E-state index contributed by atoms with van der Waals surface area (Å²) >= 11 is 3.58. The predicted octanol–water partition coefficient (Wildman–Crippen LogP) is 6.73. The smallest absolute Gasteiger partial charge is 0.164 e. The zero-order valence-electron chi connectivity index (χ0n) is 15.8. The second kappa shape index (κ2) is 8.22. The van der Waals surface area contributed by atoms with Crippen LogP contribution in [0.15, 0.2) is 52.6 Å². The van der Waals surface area contributed by atoms with Crippen molar-refractivity contribution in [1.82, 2.24) is 0 Å². The minimum absolute atomic E-state index is 0.217. The van der Waals surface area contributed by atoms with Crippen molar-refractivity contribution in [3.63, 3.8) is 0 Å². The summed E-state index contributed by atoms with van der Waals surface area (Å²) in [6.45, 7) is 7.11. The van der Waals surface area contributed by atoms with E-state index in [-0.39, 0.29) is 5.78 Å². The zero-order chi connectivity index (χ0) is 18.7. The molecule has 1 aliphatic carbocycles. The van der Waals surface area contributed by atoms with Crippen LogP contribution in [0.4, 0.5) is 5.69 Å². The molecule has 3 heteroatoms. The normalized spacial score (nSPS) is 12.8. The zero-order valence-corrected chi connectivity index (χ0v) is 17.4. The topological polar surface area (TPSA) is 20.3 Å². The van der Waals surface area contributed by atoms with Crippen LogP contribution < -0.4 is 4.90 Å². The molecule has 2 nitrogen and oxygen atoms in total. The van der Waals surface area contributed by atoms with Gasteiger partial charge in [0.2, 0.25) is 0 Å². The largest absolute Gasteiger partial charge is 0.343 e. The molecule has 26 heavy (non-hydrogen) atoms. The van der Waals surface area contributed by atoms with E-state index in [9.17, 15) is 4.79 Å².